The third-order valence-electron chi connectivity index (χ3n) is 3.55. The molecule has 102 valence electrons. The zero-order valence-corrected chi connectivity index (χ0v) is 11.6. The first-order chi connectivity index (χ1) is 8.50. The standard InChI is InChI=1S/C11H20N4O2S/c1-9-7-12-5-3-10(9)8-14-18(16,17)11-4-6-13-15(11)2/h4,6,9-10,12,14H,3,5,7-8H2,1-2H3. The maximum Gasteiger partial charge on any atom is 0.257 e. The number of hydrogen-bond acceptors (Lipinski definition) is 4. The van der Waals surface area contributed by atoms with Gasteiger partial charge >= 0.3 is 0 Å². The van der Waals surface area contributed by atoms with Gasteiger partial charge in [-0.1, -0.05) is 6.92 Å². The molecule has 1 saturated heterocycles. The van der Waals surface area contributed by atoms with Gasteiger partial charge in [0, 0.05) is 13.6 Å². The van der Waals surface area contributed by atoms with Crippen molar-refractivity contribution in [1.29, 1.82) is 0 Å². The van der Waals surface area contributed by atoms with E-state index >= 15 is 0 Å². The van der Waals surface area contributed by atoms with Crippen LogP contribution in [0.15, 0.2) is 17.3 Å². The number of nitrogens with zero attached hydrogens (tertiary/aromatic N) is 2. The van der Waals surface area contributed by atoms with E-state index in [0.29, 0.717) is 18.4 Å². The van der Waals surface area contributed by atoms with Crippen molar-refractivity contribution < 1.29 is 8.42 Å². The van der Waals surface area contributed by atoms with Crippen LogP contribution < -0.4 is 10.0 Å². The van der Waals surface area contributed by atoms with Gasteiger partial charge in [0.1, 0.15) is 0 Å². The number of aromatic nitrogens is 2. The van der Waals surface area contributed by atoms with Gasteiger partial charge in [0.25, 0.3) is 10.0 Å². The summed E-state index contributed by atoms with van der Waals surface area (Å²) in [6.45, 7) is 4.56. The van der Waals surface area contributed by atoms with Crippen molar-refractivity contribution in [2.75, 3.05) is 19.6 Å². The molecule has 2 heterocycles. The maximum absolute atomic E-state index is 12.1. The van der Waals surface area contributed by atoms with Crippen LogP contribution in [0.4, 0.5) is 0 Å². The fourth-order valence-corrected chi connectivity index (χ4v) is 3.50. The van der Waals surface area contributed by atoms with Gasteiger partial charge in [-0.3, -0.25) is 4.68 Å². The molecule has 2 unspecified atom stereocenters. The largest absolute Gasteiger partial charge is 0.316 e. The summed E-state index contributed by atoms with van der Waals surface area (Å²) >= 11 is 0. The minimum Gasteiger partial charge on any atom is -0.316 e. The van der Waals surface area contributed by atoms with Gasteiger partial charge in [-0.25, -0.2) is 13.1 Å². The maximum atomic E-state index is 12.1. The summed E-state index contributed by atoms with van der Waals surface area (Å²) in [6, 6.07) is 1.51. The van der Waals surface area contributed by atoms with Crippen LogP contribution in [0.3, 0.4) is 0 Å². The van der Waals surface area contributed by atoms with Crippen LogP contribution in [-0.4, -0.2) is 37.8 Å². The van der Waals surface area contributed by atoms with Gasteiger partial charge in [0.15, 0.2) is 5.03 Å². The lowest BCUT2D eigenvalue weighted by molar-refractivity contribution is 0.274. The molecule has 2 N–H and O–H groups in total. The molecule has 0 spiro atoms. The molecule has 1 aliphatic rings. The van der Waals surface area contributed by atoms with Crippen LogP contribution in [0.1, 0.15) is 13.3 Å². The van der Waals surface area contributed by atoms with Gasteiger partial charge in [0.2, 0.25) is 0 Å². The van der Waals surface area contributed by atoms with Crippen LogP contribution in [0.5, 0.6) is 0 Å². The lowest BCUT2D eigenvalue weighted by Gasteiger charge is -2.29. The number of rotatable bonds is 4. The fourth-order valence-electron chi connectivity index (χ4n) is 2.29. The van der Waals surface area contributed by atoms with E-state index in [1.165, 1.54) is 16.9 Å². The van der Waals surface area contributed by atoms with E-state index in [1.54, 1.807) is 7.05 Å². The summed E-state index contributed by atoms with van der Waals surface area (Å²) in [5.41, 5.74) is 0. The first-order valence-corrected chi connectivity index (χ1v) is 7.67. The van der Waals surface area contributed by atoms with Crippen molar-refractivity contribution >= 4 is 10.0 Å². The smallest absolute Gasteiger partial charge is 0.257 e. The molecule has 0 amide bonds. The second kappa shape index (κ2) is 5.38. The highest BCUT2D eigenvalue weighted by molar-refractivity contribution is 7.89. The Morgan fingerprint density at radius 2 is 2.39 bits per heavy atom. The van der Waals surface area contributed by atoms with E-state index in [2.05, 4.69) is 22.1 Å². The van der Waals surface area contributed by atoms with Gasteiger partial charge in [-0.05, 0) is 37.4 Å². The average molecular weight is 272 g/mol. The number of piperidine rings is 1. The third kappa shape index (κ3) is 2.90. The van der Waals surface area contributed by atoms with Gasteiger partial charge < -0.3 is 5.32 Å². The number of nitrogens with one attached hydrogen (secondary N) is 2. The Kier molecular flexibility index (Phi) is 4.04. The zero-order valence-electron chi connectivity index (χ0n) is 10.8. The fraction of sp³-hybridized carbons (Fsp3) is 0.727. The van der Waals surface area contributed by atoms with Crippen LogP contribution in [0.2, 0.25) is 0 Å². The molecule has 1 fully saturated rings. The SMILES string of the molecule is CC1CNCCC1CNS(=O)(=O)c1ccnn1C. The topological polar surface area (TPSA) is 76.0 Å². The Hall–Kier alpha value is -0.920. The molecule has 2 atom stereocenters. The van der Waals surface area contributed by atoms with E-state index < -0.39 is 10.0 Å². The number of aryl methyl sites for hydroxylation is 1. The van der Waals surface area contributed by atoms with Gasteiger partial charge in [-0.15, -0.1) is 0 Å². The highest BCUT2D eigenvalue weighted by Gasteiger charge is 2.24. The Balaban J connectivity index is 1.99. The molecular formula is C11H20N4O2S. The number of hydrogen-bond donors (Lipinski definition) is 2. The molecule has 1 aromatic heterocycles. The molecule has 2 rings (SSSR count). The predicted octanol–water partition coefficient (Wildman–Crippen LogP) is -0.0560. The summed E-state index contributed by atoms with van der Waals surface area (Å²) in [6.07, 6.45) is 2.50. The lowest BCUT2D eigenvalue weighted by Crippen LogP contribution is -2.41. The molecule has 1 aromatic rings. The van der Waals surface area contributed by atoms with Crippen LogP contribution in [-0.2, 0) is 17.1 Å². The molecule has 0 radical (unpaired) electrons. The van der Waals surface area contributed by atoms with Crippen LogP contribution >= 0.6 is 0 Å². The molecule has 18 heavy (non-hydrogen) atoms. The molecule has 0 bridgehead atoms. The second-order valence-electron chi connectivity index (χ2n) is 4.88. The van der Waals surface area contributed by atoms with Crippen molar-refractivity contribution in [3.63, 3.8) is 0 Å². The molecule has 7 heteroatoms. The van der Waals surface area contributed by atoms with E-state index in [-0.39, 0.29) is 5.03 Å². The minimum absolute atomic E-state index is 0.212. The Labute approximate surface area is 108 Å². The summed E-state index contributed by atoms with van der Waals surface area (Å²) in [7, 11) is -1.81. The first kappa shape index (κ1) is 13.5. The lowest BCUT2D eigenvalue weighted by atomic mass is 9.88. The molecule has 0 aromatic carbocycles. The van der Waals surface area contributed by atoms with Crippen LogP contribution in [0.25, 0.3) is 0 Å². The van der Waals surface area contributed by atoms with E-state index in [9.17, 15) is 8.42 Å². The predicted molar refractivity (Wildman–Crippen MR) is 68.5 cm³/mol. The van der Waals surface area contributed by atoms with Crippen molar-refractivity contribution in [3.8, 4) is 0 Å². The Bertz CT molecular complexity index is 497. The summed E-state index contributed by atoms with van der Waals surface area (Å²) in [5.74, 6) is 0.891. The third-order valence-corrected chi connectivity index (χ3v) is 5.05. The minimum atomic E-state index is -3.44. The van der Waals surface area contributed by atoms with Crippen LogP contribution in [0, 0.1) is 11.8 Å². The van der Waals surface area contributed by atoms with Crippen molar-refractivity contribution in [1.82, 2.24) is 19.8 Å². The zero-order chi connectivity index (χ0) is 13.2. The van der Waals surface area contributed by atoms with Crippen molar-refractivity contribution in [2.45, 2.75) is 18.4 Å². The average Bonchev–Trinajstić information content (AvgIpc) is 2.75. The van der Waals surface area contributed by atoms with Gasteiger partial charge in [-0.2, -0.15) is 5.10 Å². The second-order valence-corrected chi connectivity index (χ2v) is 6.59. The quantitative estimate of drug-likeness (QED) is 0.805. The monoisotopic (exact) mass is 272 g/mol. The molecule has 1 aliphatic heterocycles. The Morgan fingerprint density at radius 3 is 3.00 bits per heavy atom. The normalized spacial score (nSPS) is 25.2. The van der Waals surface area contributed by atoms with Crippen molar-refractivity contribution in [2.24, 2.45) is 18.9 Å². The first-order valence-electron chi connectivity index (χ1n) is 6.19. The summed E-state index contributed by atoms with van der Waals surface area (Å²) in [4.78, 5) is 0. The Morgan fingerprint density at radius 1 is 1.61 bits per heavy atom. The van der Waals surface area contributed by atoms with E-state index in [4.69, 9.17) is 0 Å². The summed E-state index contributed by atoms with van der Waals surface area (Å²) in [5, 5.41) is 7.40. The van der Waals surface area contributed by atoms with E-state index in [1.807, 2.05) is 0 Å². The molecule has 0 aliphatic carbocycles. The molecule has 6 nitrogen and oxygen atoms in total. The highest BCUT2D eigenvalue weighted by atomic mass is 32.2. The molecular weight excluding hydrogens is 252 g/mol. The van der Waals surface area contributed by atoms with Gasteiger partial charge in [0.05, 0.1) is 6.20 Å². The number of sulfonamides is 1. The molecule has 0 saturated carbocycles. The van der Waals surface area contributed by atoms with E-state index in [0.717, 1.165) is 19.5 Å². The van der Waals surface area contributed by atoms with Crippen molar-refractivity contribution in [3.05, 3.63) is 12.3 Å². The highest BCUT2D eigenvalue weighted by Crippen LogP contribution is 2.18. The summed E-state index contributed by atoms with van der Waals surface area (Å²) < 4.78 is 28.2.